The van der Waals surface area contributed by atoms with Gasteiger partial charge in [-0.05, 0) is 35.4 Å². The average Bonchev–Trinajstić information content (AvgIpc) is 3.18. The summed E-state index contributed by atoms with van der Waals surface area (Å²) in [5.41, 5.74) is 1.13. The van der Waals surface area contributed by atoms with Gasteiger partial charge in [-0.2, -0.15) is 18.3 Å². The molecule has 2 aromatic carbocycles. The molecule has 0 saturated heterocycles. The lowest BCUT2D eigenvalue weighted by molar-refractivity contribution is -0.173. The van der Waals surface area contributed by atoms with Gasteiger partial charge in [0.15, 0.2) is 11.7 Å². The zero-order valence-corrected chi connectivity index (χ0v) is 19.1. The number of ether oxygens (including phenoxy) is 2. The Labute approximate surface area is 198 Å². The number of methoxy groups -OCH3 is 2. The Balaban J connectivity index is 1.59. The molecule has 7 nitrogen and oxygen atoms in total. The largest absolute Gasteiger partial charge is 0.497 e. The summed E-state index contributed by atoms with van der Waals surface area (Å²) in [4.78, 5) is 12.7. The van der Waals surface area contributed by atoms with Crippen molar-refractivity contribution in [3.8, 4) is 11.5 Å². The van der Waals surface area contributed by atoms with Crippen LogP contribution in [-0.4, -0.2) is 36.1 Å². The Morgan fingerprint density at radius 1 is 1.12 bits per heavy atom. The zero-order chi connectivity index (χ0) is 24.5. The van der Waals surface area contributed by atoms with Crippen LogP contribution in [0.4, 0.5) is 19.0 Å². The Morgan fingerprint density at radius 2 is 1.71 bits per heavy atom. The molecular weight excluding hydrogens is 473 g/mol. The third-order valence-electron chi connectivity index (χ3n) is 5.64. The fourth-order valence-electron chi connectivity index (χ4n) is 3.80. The number of halogens is 4. The molecule has 1 aromatic heterocycles. The van der Waals surface area contributed by atoms with Crippen molar-refractivity contribution in [2.75, 3.05) is 19.5 Å². The van der Waals surface area contributed by atoms with E-state index < -0.39 is 24.2 Å². The number of aromatic nitrogens is 2. The first kappa shape index (κ1) is 23.7. The maximum Gasteiger partial charge on any atom is 0.410 e. The van der Waals surface area contributed by atoms with Gasteiger partial charge in [-0.15, -0.1) is 0 Å². The van der Waals surface area contributed by atoms with Crippen molar-refractivity contribution in [1.29, 1.82) is 0 Å². The summed E-state index contributed by atoms with van der Waals surface area (Å²) in [7, 11) is 3.05. The first-order chi connectivity index (χ1) is 16.2. The van der Waals surface area contributed by atoms with Crippen LogP contribution < -0.4 is 20.1 Å². The topological polar surface area (TPSA) is 77.4 Å². The minimum atomic E-state index is -4.59. The average molecular weight is 495 g/mol. The first-order valence-electron chi connectivity index (χ1n) is 10.4. The molecule has 2 heterocycles. The summed E-state index contributed by atoms with van der Waals surface area (Å²) in [6.45, 7) is 0.145. The van der Waals surface area contributed by atoms with E-state index in [1.54, 1.807) is 55.6 Å². The van der Waals surface area contributed by atoms with E-state index in [-0.39, 0.29) is 29.5 Å². The summed E-state index contributed by atoms with van der Waals surface area (Å²) >= 11 is 6.36. The van der Waals surface area contributed by atoms with Crippen LogP contribution in [-0.2, 0) is 6.54 Å². The second-order valence-electron chi connectivity index (χ2n) is 7.75. The Hall–Kier alpha value is -3.40. The molecule has 2 N–H and O–H groups in total. The zero-order valence-electron chi connectivity index (χ0n) is 18.3. The molecule has 0 bridgehead atoms. The van der Waals surface area contributed by atoms with Gasteiger partial charge in [0.2, 0.25) is 0 Å². The summed E-state index contributed by atoms with van der Waals surface area (Å²) in [6, 6.07) is 11.1. The normalized spacial score (nSPS) is 17.5. The van der Waals surface area contributed by atoms with Gasteiger partial charge in [0, 0.05) is 13.0 Å². The minimum absolute atomic E-state index is 0.0503. The van der Waals surface area contributed by atoms with Crippen molar-refractivity contribution in [2.45, 2.75) is 31.2 Å². The molecule has 0 unspecified atom stereocenters. The number of anilines is 1. The molecular formula is C23H22ClF3N4O3. The van der Waals surface area contributed by atoms with E-state index in [1.807, 2.05) is 0 Å². The van der Waals surface area contributed by atoms with Gasteiger partial charge in [0.05, 0.1) is 20.3 Å². The van der Waals surface area contributed by atoms with E-state index in [0.717, 1.165) is 10.2 Å². The molecule has 34 heavy (non-hydrogen) atoms. The molecule has 0 aliphatic carbocycles. The number of hydrogen-bond acceptors (Lipinski definition) is 5. The lowest BCUT2D eigenvalue weighted by Crippen LogP contribution is -2.35. The quantitative estimate of drug-likeness (QED) is 0.496. The second-order valence-corrected chi connectivity index (χ2v) is 8.13. The van der Waals surface area contributed by atoms with Gasteiger partial charge in [-0.1, -0.05) is 35.9 Å². The highest BCUT2D eigenvalue weighted by Gasteiger charge is 2.47. The molecule has 2 atom stereocenters. The van der Waals surface area contributed by atoms with E-state index in [4.69, 9.17) is 21.1 Å². The number of hydrogen-bond donors (Lipinski definition) is 2. The van der Waals surface area contributed by atoms with Crippen molar-refractivity contribution in [2.24, 2.45) is 0 Å². The molecule has 0 saturated carbocycles. The fraction of sp³-hybridized carbons (Fsp3) is 0.304. The maximum atomic E-state index is 13.9. The summed E-state index contributed by atoms with van der Waals surface area (Å²) in [5.74, 6) is 0.526. The number of carbonyl (C=O) groups is 1. The number of amides is 1. The summed E-state index contributed by atoms with van der Waals surface area (Å²) in [5, 5.41) is 9.44. The van der Waals surface area contributed by atoms with Crippen LogP contribution in [0.2, 0.25) is 5.02 Å². The monoisotopic (exact) mass is 494 g/mol. The van der Waals surface area contributed by atoms with Crippen LogP contribution in [0.15, 0.2) is 48.5 Å². The number of rotatable bonds is 6. The molecule has 3 aromatic rings. The van der Waals surface area contributed by atoms with Gasteiger partial charge in [-0.3, -0.25) is 4.79 Å². The highest BCUT2D eigenvalue weighted by atomic mass is 35.5. The molecule has 180 valence electrons. The van der Waals surface area contributed by atoms with Crippen LogP contribution in [0.25, 0.3) is 0 Å². The predicted molar refractivity (Wildman–Crippen MR) is 120 cm³/mol. The van der Waals surface area contributed by atoms with Crippen LogP contribution in [0.5, 0.6) is 11.5 Å². The maximum absolute atomic E-state index is 13.9. The van der Waals surface area contributed by atoms with E-state index >= 15 is 0 Å². The first-order valence-corrected chi connectivity index (χ1v) is 10.8. The molecule has 0 radical (unpaired) electrons. The Bertz CT molecular complexity index is 1160. The Morgan fingerprint density at radius 3 is 2.26 bits per heavy atom. The molecule has 1 aliphatic rings. The summed E-state index contributed by atoms with van der Waals surface area (Å²) in [6.07, 6.45) is -4.90. The van der Waals surface area contributed by atoms with Crippen molar-refractivity contribution in [3.05, 3.63) is 70.4 Å². The number of fused-ring (bicyclic) bond motifs is 1. The standard InChI is InChI=1S/C23H22ClF3N4O3/c1-33-15-7-3-13(4-8-15)12-28-22(32)20-19(24)21-29-17(14-5-9-16(34-2)10-6-14)11-18(23(25,26)27)31(21)30-20/h3-10,17-18,29H,11-12H2,1-2H3,(H,28,32)/t17-,18+/m1/s1. The van der Waals surface area contributed by atoms with Crippen molar-refractivity contribution in [3.63, 3.8) is 0 Å². The van der Waals surface area contributed by atoms with Crippen LogP contribution >= 0.6 is 11.6 Å². The van der Waals surface area contributed by atoms with Crippen LogP contribution in [0.3, 0.4) is 0 Å². The van der Waals surface area contributed by atoms with Gasteiger partial charge in [0.1, 0.15) is 22.3 Å². The highest BCUT2D eigenvalue weighted by molar-refractivity contribution is 6.36. The third kappa shape index (κ3) is 4.77. The van der Waals surface area contributed by atoms with Crippen molar-refractivity contribution >= 4 is 23.3 Å². The van der Waals surface area contributed by atoms with E-state index in [1.165, 1.54) is 7.11 Å². The second kappa shape index (κ2) is 9.46. The molecule has 0 fully saturated rings. The highest BCUT2D eigenvalue weighted by Crippen LogP contribution is 2.46. The van der Waals surface area contributed by atoms with Crippen molar-refractivity contribution < 1.29 is 27.4 Å². The SMILES string of the molecule is COc1ccc(CNC(=O)c2nn3c(c2Cl)N[C@@H](c2ccc(OC)cc2)C[C@H]3C(F)(F)F)cc1. The van der Waals surface area contributed by atoms with Gasteiger partial charge < -0.3 is 20.1 Å². The predicted octanol–water partition coefficient (Wildman–Crippen LogP) is 5.14. The number of carbonyl (C=O) groups excluding carboxylic acids is 1. The van der Waals surface area contributed by atoms with E-state index in [2.05, 4.69) is 15.7 Å². The molecule has 4 rings (SSSR count). The van der Waals surface area contributed by atoms with E-state index in [9.17, 15) is 18.0 Å². The van der Waals surface area contributed by atoms with Gasteiger partial charge >= 0.3 is 6.18 Å². The molecule has 11 heteroatoms. The summed E-state index contributed by atoms with van der Waals surface area (Å²) < 4.78 is 52.8. The lowest BCUT2D eigenvalue weighted by atomic mass is 9.97. The number of alkyl halides is 3. The third-order valence-corrected chi connectivity index (χ3v) is 6.00. The molecule has 1 amide bonds. The molecule has 1 aliphatic heterocycles. The van der Waals surface area contributed by atoms with E-state index in [0.29, 0.717) is 17.1 Å². The van der Waals surface area contributed by atoms with Crippen LogP contribution in [0.1, 0.15) is 40.1 Å². The minimum Gasteiger partial charge on any atom is -0.497 e. The molecule has 0 spiro atoms. The smallest absolute Gasteiger partial charge is 0.410 e. The Kier molecular flexibility index (Phi) is 6.60. The van der Waals surface area contributed by atoms with Gasteiger partial charge in [-0.25, -0.2) is 4.68 Å². The number of benzene rings is 2. The number of nitrogens with one attached hydrogen (secondary N) is 2. The van der Waals surface area contributed by atoms with Crippen LogP contribution in [0, 0.1) is 0 Å². The fourth-order valence-corrected chi connectivity index (χ4v) is 4.06. The lowest BCUT2D eigenvalue weighted by Gasteiger charge is -2.33. The number of nitrogens with zero attached hydrogens (tertiary/aromatic N) is 2. The van der Waals surface area contributed by atoms with Crippen molar-refractivity contribution in [1.82, 2.24) is 15.1 Å². The van der Waals surface area contributed by atoms with Gasteiger partial charge in [0.25, 0.3) is 5.91 Å².